The van der Waals surface area contributed by atoms with Crippen molar-refractivity contribution in [1.29, 1.82) is 0 Å². The molecule has 1 saturated heterocycles. The molecule has 6 heteroatoms. The molecule has 4 aliphatic carbocycles. The highest BCUT2D eigenvalue weighted by atomic mass is 16.5. The Morgan fingerprint density at radius 3 is 2.05 bits per heavy atom. The lowest BCUT2D eigenvalue weighted by atomic mass is 9.63. The molecule has 202 valence electrons. The number of nitrogens with one attached hydrogen (secondary N) is 1. The quantitative estimate of drug-likeness (QED) is 0.313. The number of allylic oxidation sites excluding steroid dienone is 2. The van der Waals surface area contributed by atoms with Crippen molar-refractivity contribution in [2.45, 2.75) is 32.7 Å². The zero-order valence-electron chi connectivity index (χ0n) is 22.6. The van der Waals surface area contributed by atoms with Gasteiger partial charge in [0.25, 0.3) is 0 Å². The first kappa shape index (κ1) is 24.8. The summed E-state index contributed by atoms with van der Waals surface area (Å²) >= 11 is 0. The molecule has 0 spiro atoms. The van der Waals surface area contributed by atoms with Gasteiger partial charge in [0, 0.05) is 12.1 Å². The summed E-state index contributed by atoms with van der Waals surface area (Å²) in [7, 11) is 0. The number of amides is 3. The fourth-order valence-corrected chi connectivity index (χ4v) is 7.34. The van der Waals surface area contributed by atoms with Crippen molar-refractivity contribution in [3.63, 3.8) is 0 Å². The molecule has 3 aromatic rings. The number of imide groups is 1. The average Bonchev–Trinajstić information content (AvgIpc) is 3.74. The molecule has 0 radical (unpaired) electrons. The van der Waals surface area contributed by atoms with E-state index in [0.29, 0.717) is 23.3 Å². The number of carbonyl (C=O) groups is 3. The fraction of sp³-hybridized carbons (Fsp3) is 0.324. The van der Waals surface area contributed by atoms with Gasteiger partial charge in [0.1, 0.15) is 17.5 Å². The first-order valence-electron chi connectivity index (χ1n) is 14.1. The van der Waals surface area contributed by atoms with Crippen LogP contribution in [0.4, 0.5) is 5.69 Å². The standard InChI is InChI=1S/C34H32N2O4/c1-19-7-6-8-20(2)31(19)40-23-13-11-22(12-14-23)35-32(37)28(17-21-9-4-3-5-10-21)36-33(38)29-24-15-16-25(27-18-26(24)27)30(29)34(36)39/h3-16,24-30H,17-18H2,1-2H3,(H,35,37)/t24-,25-,26-,27-,28-,29-,30+/m0/s1. The molecule has 3 fully saturated rings. The molecule has 1 aliphatic heterocycles. The number of likely N-dealkylation sites (tertiary alicyclic amines) is 1. The molecule has 0 unspecified atom stereocenters. The lowest BCUT2D eigenvalue weighted by molar-refractivity contribution is -0.146. The molecule has 5 aliphatic rings. The minimum Gasteiger partial charge on any atom is -0.457 e. The summed E-state index contributed by atoms with van der Waals surface area (Å²) < 4.78 is 6.11. The van der Waals surface area contributed by atoms with Crippen molar-refractivity contribution in [2.75, 3.05) is 5.32 Å². The van der Waals surface area contributed by atoms with Gasteiger partial charge in [-0.25, -0.2) is 0 Å². The predicted molar refractivity (Wildman–Crippen MR) is 152 cm³/mol. The Labute approximate surface area is 234 Å². The lowest BCUT2D eigenvalue weighted by Crippen LogP contribution is -2.49. The minimum atomic E-state index is -0.922. The Kier molecular flexibility index (Phi) is 5.88. The van der Waals surface area contributed by atoms with E-state index in [2.05, 4.69) is 17.5 Å². The maximum atomic E-state index is 13.8. The van der Waals surface area contributed by atoms with E-state index in [1.807, 2.05) is 74.5 Å². The first-order chi connectivity index (χ1) is 19.4. The van der Waals surface area contributed by atoms with Crippen LogP contribution in [0.1, 0.15) is 23.1 Å². The molecule has 3 aromatic carbocycles. The van der Waals surface area contributed by atoms with Gasteiger partial charge in [-0.15, -0.1) is 0 Å². The SMILES string of the molecule is Cc1cccc(C)c1Oc1ccc(NC(=O)[C@H](Cc2ccccc2)N2C(=O)[C@@H]3[C@H]4C=C[C@@H]([C@@H]5C[C@@H]45)[C@@H]3C2=O)cc1. The molecule has 2 saturated carbocycles. The molecule has 7 atom stereocenters. The topological polar surface area (TPSA) is 75.7 Å². The van der Waals surface area contributed by atoms with E-state index in [1.54, 1.807) is 12.1 Å². The summed E-state index contributed by atoms with van der Waals surface area (Å²) in [6.07, 6.45) is 5.69. The van der Waals surface area contributed by atoms with Gasteiger partial charge in [0.05, 0.1) is 11.8 Å². The maximum Gasteiger partial charge on any atom is 0.248 e. The van der Waals surface area contributed by atoms with Crippen molar-refractivity contribution in [1.82, 2.24) is 4.90 Å². The Morgan fingerprint density at radius 2 is 1.45 bits per heavy atom. The fourth-order valence-electron chi connectivity index (χ4n) is 7.34. The third kappa shape index (κ3) is 4.05. The van der Waals surface area contributed by atoms with E-state index in [0.717, 1.165) is 28.9 Å². The largest absolute Gasteiger partial charge is 0.457 e. The third-order valence-corrected chi connectivity index (χ3v) is 9.33. The summed E-state index contributed by atoms with van der Waals surface area (Å²) in [6, 6.07) is 21.9. The van der Waals surface area contributed by atoms with Crippen LogP contribution >= 0.6 is 0 Å². The Bertz CT molecular complexity index is 1470. The predicted octanol–water partition coefficient (Wildman–Crippen LogP) is 5.70. The highest BCUT2D eigenvalue weighted by Gasteiger charge is 2.67. The van der Waals surface area contributed by atoms with Crippen LogP contribution in [-0.4, -0.2) is 28.7 Å². The second-order valence-electron chi connectivity index (χ2n) is 11.7. The number of nitrogens with zero attached hydrogens (tertiary/aromatic N) is 1. The monoisotopic (exact) mass is 532 g/mol. The number of benzene rings is 3. The maximum absolute atomic E-state index is 13.8. The Hall–Kier alpha value is -4.19. The van der Waals surface area contributed by atoms with Gasteiger partial charge < -0.3 is 10.1 Å². The molecular weight excluding hydrogens is 500 g/mol. The number of anilines is 1. The molecule has 6 nitrogen and oxygen atoms in total. The first-order valence-corrected chi connectivity index (χ1v) is 14.1. The lowest BCUT2D eigenvalue weighted by Gasteiger charge is -2.37. The minimum absolute atomic E-state index is 0.117. The second kappa shape index (κ2) is 9.47. The van der Waals surface area contributed by atoms with Gasteiger partial charge in [-0.1, -0.05) is 60.7 Å². The number of aryl methyl sites for hydroxylation is 2. The highest BCUT2D eigenvalue weighted by Crippen LogP contribution is 2.65. The number of para-hydroxylation sites is 1. The Morgan fingerprint density at radius 1 is 0.850 bits per heavy atom. The van der Waals surface area contributed by atoms with Gasteiger partial charge in [0.15, 0.2) is 0 Å². The smallest absolute Gasteiger partial charge is 0.248 e. The van der Waals surface area contributed by atoms with E-state index in [1.165, 1.54) is 4.90 Å². The second-order valence-corrected chi connectivity index (χ2v) is 11.7. The number of hydrogen-bond donors (Lipinski definition) is 1. The van der Waals surface area contributed by atoms with Crippen LogP contribution in [0.15, 0.2) is 84.9 Å². The van der Waals surface area contributed by atoms with E-state index in [9.17, 15) is 14.4 Å². The van der Waals surface area contributed by atoms with Crippen molar-refractivity contribution in [3.05, 3.63) is 102 Å². The number of carbonyl (C=O) groups excluding carboxylic acids is 3. The molecule has 2 bridgehead atoms. The van der Waals surface area contributed by atoms with Crippen LogP contribution in [0, 0.1) is 49.4 Å². The molecule has 0 aromatic heterocycles. The third-order valence-electron chi connectivity index (χ3n) is 9.33. The highest BCUT2D eigenvalue weighted by molar-refractivity contribution is 6.10. The van der Waals surface area contributed by atoms with E-state index in [4.69, 9.17) is 4.74 Å². The number of hydrogen-bond acceptors (Lipinski definition) is 4. The summed E-state index contributed by atoms with van der Waals surface area (Å²) in [5, 5.41) is 2.97. The van der Waals surface area contributed by atoms with E-state index >= 15 is 0 Å². The van der Waals surface area contributed by atoms with Crippen LogP contribution in [0.2, 0.25) is 0 Å². The average molecular weight is 533 g/mol. The summed E-state index contributed by atoms with van der Waals surface area (Å²) in [5.74, 6) is 1.33. The molecule has 8 rings (SSSR count). The van der Waals surface area contributed by atoms with Gasteiger partial charge >= 0.3 is 0 Å². The number of ether oxygens (including phenoxy) is 1. The summed E-state index contributed by atoms with van der Waals surface area (Å²) in [6.45, 7) is 4.01. The van der Waals surface area contributed by atoms with Gasteiger partial charge in [-0.3, -0.25) is 19.3 Å². The zero-order chi connectivity index (χ0) is 27.5. The van der Waals surface area contributed by atoms with E-state index in [-0.39, 0.29) is 47.8 Å². The van der Waals surface area contributed by atoms with Gasteiger partial charge in [-0.2, -0.15) is 0 Å². The summed E-state index contributed by atoms with van der Waals surface area (Å²) in [5.41, 5.74) is 3.57. The Balaban J connectivity index is 1.13. The van der Waals surface area contributed by atoms with Crippen molar-refractivity contribution < 1.29 is 19.1 Å². The van der Waals surface area contributed by atoms with Gasteiger partial charge in [0.2, 0.25) is 17.7 Å². The van der Waals surface area contributed by atoms with Crippen LogP contribution in [0.3, 0.4) is 0 Å². The molecule has 1 N–H and O–H groups in total. The summed E-state index contributed by atoms with van der Waals surface area (Å²) in [4.78, 5) is 42.8. The van der Waals surface area contributed by atoms with Crippen molar-refractivity contribution in [2.24, 2.45) is 35.5 Å². The molecule has 40 heavy (non-hydrogen) atoms. The van der Waals surface area contributed by atoms with E-state index < -0.39 is 6.04 Å². The zero-order valence-corrected chi connectivity index (χ0v) is 22.6. The van der Waals surface area contributed by atoms with Crippen LogP contribution in [0.5, 0.6) is 11.5 Å². The molecule has 3 amide bonds. The molecule has 1 heterocycles. The normalized spacial score (nSPS) is 28.2. The molecular formula is C34H32N2O4. The van der Waals surface area contributed by atoms with Crippen molar-refractivity contribution in [3.8, 4) is 11.5 Å². The van der Waals surface area contributed by atoms with Gasteiger partial charge in [-0.05, 0) is 84.9 Å². The number of rotatable bonds is 7. The van der Waals surface area contributed by atoms with Crippen LogP contribution in [-0.2, 0) is 20.8 Å². The van der Waals surface area contributed by atoms with Crippen LogP contribution in [0.25, 0.3) is 0 Å². The van der Waals surface area contributed by atoms with Crippen molar-refractivity contribution >= 4 is 23.4 Å². The van der Waals surface area contributed by atoms with Crippen LogP contribution < -0.4 is 10.1 Å².